The maximum absolute atomic E-state index is 16.0. The smallest absolute Gasteiger partial charge is 0.417 e. The highest BCUT2D eigenvalue weighted by molar-refractivity contribution is 7.22. The molecule has 0 radical (unpaired) electrons. The molecule has 0 aliphatic carbocycles. The summed E-state index contributed by atoms with van der Waals surface area (Å²) in [5.74, 6) is -2.80. The fraction of sp³-hybridized carbons (Fsp3) is 0.333. The predicted octanol–water partition coefficient (Wildman–Crippen LogP) is 5.14. The lowest BCUT2D eigenvalue weighted by molar-refractivity contribution is -0.137. The number of anilines is 1. The van der Waals surface area contributed by atoms with Gasteiger partial charge < -0.3 is 25.0 Å². The number of rotatable bonds is 6. The number of carbonyl (C=O) groups is 1. The molecule has 1 aliphatic heterocycles. The normalized spacial score (nSPS) is 13.6. The first-order valence-corrected chi connectivity index (χ1v) is 13.3. The van der Waals surface area contributed by atoms with E-state index in [0.29, 0.717) is 6.07 Å². The fourth-order valence-corrected chi connectivity index (χ4v) is 4.79. The van der Waals surface area contributed by atoms with Crippen molar-refractivity contribution in [2.24, 2.45) is 0 Å². The molecule has 15 heteroatoms. The highest BCUT2D eigenvalue weighted by Gasteiger charge is 2.39. The first kappa shape index (κ1) is 30.8. The van der Waals surface area contributed by atoms with Gasteiger partial charge in [-0.2, -0.15) is 23.1 Å². The number of alkyl halides is 3. The van der Waals surface area contributed by atoms with E-state index >= 15 is 4.39 Å². The van der Waals surface area contributed by atoms with Crippen LogP contribution >= 0.6 is 11.3 Å². The molecular weight excluding hydrogens is 583 g/mol. The molecule has 0 atom stereocenters. The second-order valence-electron chi connectivity index (χ2n) is 9.43. The summed E-state index contributed by atoms with van der Waals surface area (Å²) >= 11 is 0.727. The van der Waals surface area contributed by atoms with Gasteiger partial charge in [0, 0.05) is 11.1 Å². The van der Waals surface area contributed by atoms with Gasteiger partial charge in [-0.15, -0.1) is 0 Å². The SMILES string of the molecule is C=CC(=O)N1CC(Oc2nc(OC)nc3c(F)c(-c4ccc(F)c5sc(N)nc45)c(C(F)(F)F)cc23)C1.CCN(C)C. The van der Waals surface area contributed by atoms with Crippen LogP contribution in [-0.4, -0.2) is 77.6 Å². The third-order valence-corrected chi connectivity index (χ3v) is 7.28. The average Bonchev–Trinajstić information content (AvgIpc) is 3.32. The van der Waals surface area contributed by atoms with Crippen LogP contribution in [0.1, 0.15) is 12.5 Å². The van der Waals surface area contributed by atoms with E-state index in [1.165, 1.54) is 12.0 Å². The Balaban J connectivity index is 0.000000748. The molecule has 1 fully saturated rings. The second kappa shape index (κ2) is 12.0. The number of halogens is 5. The van der Waals surface area contributed by atoms with Crippen LogP contribution in [-0.2, 0) is 11.0 Å². The van der Waals surface area contributed by atoms with Crippen molar-refractivity contribution in [3.63, 3.8) is 0 Å². The minimum absolute atomic E-state index is 0.0970. The number of nitrogens with two attached hydrogens (primary N) is 1. The molecule has 0 bridgehead atoms. The molecule has 4 aromatic rings. The van der Waals surface area contributed by atoms with Gasteiger partial charge >= 0.3 is 12.2 Å². The first-order chi connectivity index (χ1) is 19.8. The molecule has 1 saturated heterocycles. The van der Waals surface area contributed by atoms with Crippen LogP contribution in [0.15, 0.2) is 30.9 Å². The molecular formula is C27H27F5N6O3S. The van der Waals surface area contributed by atoms with Crippen molar-refractivity contribution in [2.75, 3.05) is 46.6 Å². The molecule has 9 nitrogen and oxygen atoms in total. The summed E-state index contributed by atoms with van der Waals surface area (Å²) in [6.45, 7) is 6.91. The average molecular weight is 611 g/mol. The van der Waals surface area contributed by atoms with E-state index in [1.54, 1.807) is 0 Å². The molecule has 3 heterocycles. The van der Waals surface area contributed by atoms with Gasteiger partial charge in [0.2, 0.25) is 11.8 Å². The lowest BCUT2D eigenvalue weighted by Gasteiger charge is -2.38. The Morgan fingerprint density at radius 2 is 1.88 bits per heavy atom. The van der Waals surface area contributed by atoms with Crippen LogP contribution in [0.4, 0.5) is 27.1 Å². The lowest BCUT2D eigenvalue weighted by Crippen LogP contribution is -2.55. The summed E-state index contributed by atoms with van der Waals surface area (Å²) in [7, 11) is 5.31. The number of nitrogen functional groups attached to an aromatic ring is 1. The number of thiazole rings is 1. The topological polar surface area (TPSA) is 107 Å². The summed E-state index contributed by atoms with van der Waals surface area (Å²) < 4.78 is 83.8. The van der Waals surface area contributed by atoms with E-state index in [4.69, 9.17) is 15.2 Å². The molecule has 0 spiro atoms. The van der Waals surface area contributed by atoms with Crippen molar-refractivity contribution in [3.05, 3.63) is 48.1 Å². The Morgan fingerprint density at radius 3 is 2.45 bits per heavy atom. The summed E-state index contributed by atoms with van der Waals surface area (Å²) in [5, 5.41) is -0.459. The molecule has 2 aromatic carbocycles. The summed E-state index contributed by atoms with van der Waals surface area (Å²) in [5.41, 5.74) is 2.37. The Morgan fingerprint density at radius 1 is 1.21 bits per heavy atom. The lowest BCUT2D eigenvalue weighted by atomic mass is 9.95. The largest absolute Gasteiger partial charge is 0.470 e. The van der Waals surface area contributed by atoms with Crippen molar-refractivity contribution in [1.82, 2.24) is 24.8 Å². The number of amides is 1. The fourth-order valence-electron chi connectivity index (χ4n) is 4.02. The quantitative estimate of drug-likeness (QED) is 0.237. The van der Waals surface area contributed by atoms with Crippen LogP contribution in [0, 0.1) is 11.6 Å². The minimum atomic E-state index is -5.03. The van der Waals surface area contributed by atoms with Gasteiger partial charge in [0.15, 0.2) is 10.9 Å². The number of likely N-dealkylation sites (tertiary alicyclic amines) is 1. The summed E-state index contributed by atoms with van der Waals surface area (Å²) in [6.07, 6.45) is -4.53. The number of fused-ring (bicyclic) bond motifs is 2. The van der Waals surface area contributed by atoms with Crippen molar-refractivity contribution in [1.29, 1.82) is 0 Å². The molecule has 42 heavy (non-hydrogen) atoms. The van der Waals surface area contributed by atoms with Crippen LogP contribution in [0.3, 0.4) is 0 Å². The number of benzene rings is 2. The molecule has 0 saturated carbocycles. The summed E-state index contributed by atoms with van der Waals surface area (Å²) in [4.78, 5) is 27.0. The number of aromatic nitrogens is 3. The Hall–Kier alpha value is -4.11. The standard InChI is InChI=1S/C23H16F5N5O3S.C4H11N/c1-3-14(34)33-7-9(8-33)36-20-11-6-12(23(26,27)28)15(16(25)17(11)31-22(32-20)35-2)10-4-5-13(24)19-18(10)30-21(29)37-19;1-4-5(2)3/h3-6,9H,1,7-8H2,2H3,(H2,29,30);4H2,1-3H3. The molecule has 2 N–H and O–H groups in total. The number of hydrogen-bond acceptors (Lipinski definition) is 9. The van der Waals surface area contributed by atoms with Gasteiger partial charge in [0.25, 0.3) is 0 Å². The molecule has 1 amide bonds. The zero-order chi connectivity index (χ0) is 30.9. The third-order valence-electron chi connectivity index (χ3n) is 6.39. The van der Waals surface area contributed by atoms with Crippen LogP contribution in [0.25, 0.3) is 32.2 Å². The van der Waals surface area contributed by atoms with Crippen molar-refractivity contribution >= 4 is 43.5 Å². The number of nitrogens with zero attached hydrogens (tertiary/aromatic N) is 5. The van der Waals surface area contributed by atoms with Crippen molar-refractivity contribution in [2.45, 2.75) is 19.2 Å². The van der Waals surface area contributed by atoms with Gasteiger partial charge in [-0.05, 0) is 44.9 Å². The third kappa shape index (κ3) is 6.06. The van der Waals surface area contributed by atoms with Crippen LogP contribution in [0.2, 0.25) is 0 Å². The van der Waals surface area contributed by atoms with Gasteiger partial charge in [-0.3, -0.25) is 4.79 Å². The Labute approximate surface area is 241 Å². The van der Waals surface area contributed by atoms with Crippen molar-refractivity contribution in [3.8, 4) is 23.0 Å². The second-order valence-corrected chi connectivity index (χ2v) is 10.5. The number of hydrogen-bond donors (Lipinski definition) is 1. The summed E-state index contributed by atoms with van der Waals surface area (Å²) in [6, 6.07) is 2.23. The maximum atomic E-state index is 16.0. The van der Waals surface area contributed by atoms with Crippen molar-refractivity contribution < 1.29 is 36.2 Å². The van der Waals surface area contributed by atoms with E-state index < -0.39 is 40.6 Å². The van der Waals surface area contributed by atoms with Gasteiger partial charge in [0.05, 0.1) is 41.4 Å². The highest BCUT2D eigenvalue weighted by atomic mass is 32.1. The number of carbonyl (C=O) groups excluding carboxylic acids is 1. The Kier molecular flexibility index (Phi) is 8.82. The zero-order valence-corrected chi connectivity index (χ0v) is 23.9. The van der Waals surface area contributed by atoms with E-state index in [0.717, 1.165) is 36.1 Å². The predicted molar refractivity (Wildman–Crippen MR) is 149 cm³/mol. The van der Waals surface area contributed by atoms with E-state index in [2.05, 4.69) is 47.4 Å². The highest BCUT2D eigenvalue weighted by Crippen LogP contribution is 2.46. The molecule has 5 rings (SSSR count). The molecule has 2 aromatic heterocycles. The van der Waals surface area contributed by atoms with Gasteiger partial charge in [-0.25, -0.2) is 13.8 Å². The molecule has 1 aliphatic rings. The number of methoxy groups -OCH3 is 1. The van der Waals surface area contributed by atoms with Gasteiger partial charge in [-0.1, -0.05) is 24.8 Å². The van der Waals surface area contributed by atoms with Gasteiger partial charge in [0.1, 0.15) is 17.4 Å². The maximum Gasteiger partial charge on any atom is 0.417 e. The van der Waals surface area contributed by atoms with Crippen LogP contribution in [0.5, 0.6) is 11.9 Å². The first-order valence-electron chi connectivity index (χ1n) is 12.5. The monoisotopic (exact) mass is 610 g/mol. The zero-order valence-electron chi connectivity index (χ0n) is 23.1. The Bertz CT molecular complexity index is 1650. The van der Waals surface area contributed by atoms with E-state index in [-0.39, 0.29) is 57.2 Å². The molecule has 0 unspecified atom stereocenters. The minimum Gasteiger partial charge on any atom is -0.470 e. The number of ether oxygens (including phenoxy) is 2. The molecule has 224 valence electrons. The van der Waals surface area contributed by atoms with E-state index in [1.807, 2.05) is 0 Å². The van der Waals surface area contributed by atoms with E-state index in [9.17, 15) is 22.4 Å². The van der Waals surface area contributed by atoms with Crippen LogP contribution < -0.4 is 15.2 Å².